The molecule has 1 aromatic carbocycles. The molecule has 3 rings (SSSR count). The van der Waals surface area contributed by atoms with Gasteiger partial charge in [0.05, 0.1) is 11.6 Å². The third-order valence-corrected chi connectivity index (χ3v) is 3.62. The number of benzene rings is 1. The van der Waals surface area contributed by atoms with Gasteiger partial charge < -0.3 is 9.15 Å². The first-order chi connectivity index (χ1) is 9.67. The molecule has 0 unspecified atom stereocenters. The van der Waals surface area contributed by atoms with E-state index in [9.17, 15) is 4.79 Å². The molecule has 6 nitrogen and oxygen atoms in total. The summed E-state index contributed by atoms with van der Waals surface area (Å²) in [4.78, 5) is 12.1. The Balaban J connectivity index is 1.72. The molecular formula is C13H12BrN3O3. The van der Waals surface area contributed by atoms with Crippen LogP contribution in [-0.4, -0.2) is 23.2 Å². The number of nitrogens with one attached hydrogen (secondary N) is 1. The van der Waals surface area contributed by atoms with Crippen LogP contribution in [0.15, 0.2) is 27.1 Å². The minimum absolute atomic E-state index is 0.129. The highest BCUT2D eigenvalue weighted by atomic mass is 79.9. The molecule has 2 aromatic rings. The van der Waals surface area contributed by atoms with E-state index in [4.69, 9.17) is 9.15 Å². The molecule has 1 saturated carbocycles. The molecule has 0 spiro atoms. The van der Waals surface area contributed by atoms with E-state index in [0.29, 0.717) is 27.6 Å². The van der Waals surface area contributed by atoms with Gasteiger partial charge in [-0.05, 0) is 47.0 Å². The van der Waals surface area contributed by atoms with E-state index in [2.05, 4.69) is 31.4 Å². The molecule has 20 heavy (non-hydrogen) atoms. The van der Waals surface area contributed by atoms with E-state index in [1.165, 1.54) is 0 Å². The van der Waals surface area contributed by atoms with Crippen LogP contribution >= 0.6 is 15.9 Å². The molecule has 1 aliphatic carbocycles. The number of carbonyl (C=O) groups excluding carboxylic acids is 1. The first-order valence-electron chi connectivity index (χ1n) is 6.15. The first-order valence-corrected chi connectivity index (χ1v) is 6.95. The summed E-state index contributed by atoms with van der Waals surface area (Å²) >= 11 is 3.34. The maximum atomic E-state index is 12.1. The van der Waals surface area contributed by atoms with Gasteiger partial charge in [0.15, 0.2) is 0 Å². The van der Waals surface area contributed by atoms with Crippen LogP contribution in [-0.2, 0) is 0 Å². The standard InChI is InChI=1S/C13H12BrN3O3/c1-19-10-5-4-8(6-9(10)14)11(18)15-13-17-16-12(20-13)7-2-3-7/h4-7H,2-3H2,1H3,(H,15,17,18). The van der Waals surface area contributed by atoms with Gasteiger partial charge in [0.25, 0.3) is 5.91 Å². The molecule has 0 saturated heterocycles. The monoisotopic (exact) mass is 337 g/mol. The molecule has 0 aliphatic heterocycles. The molecular weight excluding hydrogens is 326 g/mol. The van der Waals surface area contributed by atoms with Crippen LogP contribution in [0.5, 0.6) is 5.75 Å². The number of methoxy groups -OCH3 is 1. The summed E-state index contributed by atoms with van der Waals surface area (Å²) in [5.41, 5.74) is 0.476. The average molecular weight is 338 g/mol. The van der Waals surface area contributed by atoms with E-state index >= 15 is 0 Å². The van der Waals surface area contributed by atoms with Crippen molar-refractivity contribution in [2.45, 2.75) is 18.8 Å². The Hall–Kier alpha value is -1.89. The Kier molecular flexibility index (Phi) is 3.43. The fourth-order valence-electron chi connectivity index (χ4n) is 1.76. The van der Waals surface area contributed by atoms with E-state index in [-0.39, 0.29) is 11.9 Å². The number of hydrogen-bond acceptors (Lipinski definition) is 5. The quantitative estimate of drug-likeness (QED) is 0.927. The Morgan fingerprint density at radius 1 is 1.45 bits per heavy atom. The topological polar surface area (TPSA) is 77.2 Å². The van der Waals surface area contributed by atoms with Gasteiger partial charge in [-0.25, -0.2) is 0 Å². The molecule has 1 heterocycles. The number of rotatable bonds is 4. The Morgan fingerprint density at radius 2 is 2.25 bits per heavy atom. The zero-order valence-electron chi connectivity index (χ0n) is 10.7. The molecule has 0 bridgehead atoms. The van der Waals surface area contributed by atoms with Crippen LogP contribution in [0.4, 0.5) is 6.01 Å². The van der Waals surface area contributed by atoms with Gasteiger partial charge in [-0.15, -0.1) is 5.10 Å². The fraction of sp³-hybridized carbons (Fsp3) is 0.308. The second-order valence-electron chi connectivity index (χ2n) is 4.52. The van der Waals surface area contributed by atoms with Gasteiger partial charge in [-0.2, -0.15) is 0 Å². The molecule has 7 heteroatoms. The predicted octanol–water partition coefficient (Wildman–Crippen LogP) is 2.97. The predicted molar refractivity (Wildman–Crippen MR) is 74.9 cm³/mol. The Morgan fingerprint density at radius 3 is 2.90 bits per heavy atom. The maximum Gasteiger partial charge on any atom is 0.322 e. The van der Waals surface area contributed by atoms with Crippen LogP contribution in [0, 0.1) is 0 Å². The summed E-state index contributed by atoms with van der Waals surface area (Å²) < 4.78 is 11.2. The highest BCUT2D eigenvalue weighted by Crippen LogP contribution is 2.39. The van der Waals surface area contributed by atoms with Crippen molar-refractivity contribution in [3.05, 3.63) is 34.1 Å². The lowest BCUT2D eigenvalue weighted by molar-refractivity contribution is 0.102. The van der Waals surface area contributed by atoms with Crippen LogP contribution in [0.25, 0.3) is 0 Å². The number of nitrogens with zero attached hydrogens (tertiary/aromatic N) is 2. The first kappa shape index (κ1) is 13.1. The third kappa shape index (κ3) is 2.67. The number of ether oxygens (including phenoxy) is 1. The molecule has 1 amide bonds. The van der Waals surface area contributed by atoms with Crippen LogP contribution in [0.2, 0.25) is 0 Å². The van der Waals surface area contributed by atoms with Crippen molar-refractivity contribution >= 4 is 27.9 Å². The molecule has 1 aliphatic rings. The van der Waals surface area contributed by atoms with E-state index in [0.717, 1.165) is 12.8 Å². The van der Waals surface area contributed by atoms with Crippen molar-refractivity contribution in [3.63, 3.8) is 0 Å². The summed E-state index contributed by atoms with van der Waals surface area (Å²) in [5.74, 6) is 1.31. The Bertz CT molecular complexity index is 652. The van der Waals surface area contributed by atoms with Crippen molar-refractivity contribution in [2.24, 2.45) is 0 Å². The van der Waals surface area contributed by atoms with Crippen molar-refractivity contribution in [2.75, 3.05) is 12.4 Å². The average Bonchev–Trinajstić information content (AvgIpc) is 3.19. The largest absolute Gasteiger partial charge is 0.496 e. The molecule has 1 fully saturated rings. The highest BCUT2D eigenvalue weighted by molar-refractivity contribution is 9.10. The van der Waals surface area contributed by atoms with Gasteiger partial charge in [-0.3, -0.25) is 10.1 Å². The Labute approximate surface area is 123 Å². The summed E-state index contributed by atoms with van der Waals surface area (Å²) in [5, 5.41) is 10.3. The normalized spacial score (nSPS) is 14.1. The van der Waals surface area contributed by atoms with Crippen molar-refractivity contribution in [1.82, 2.24) is 10.2 Å². The van der Waals surface area contributed by atoms with Gasteiger partial charge >= 0.3 is 6.01 Å². The lowest BCUT2D eigenvalue weighted by atomic mass is 10.2. The van der Waals surface area contributed by atoms with E-state index < -0.39 is 0 Å². The molecule has 1 aromatic heterocycles. The van der Waals surface area contributed by atoms with Crippen LogP contribution in [0.1, 0.15) is 35.0 Å². The number of anilines is 1. The number of aromatic nitrogens is 2. The molecule has 104 valence electrons. The van der Waals surface area contributed by atoms with E-state index in [1.54, 1.807) is 25.3 Å². The van der Waals surface area contributed by atoms with E-state index in [1.807, 2.05) is 0 Å². The van der Waals surface area contributed by atoms with Crippen molar-refractivity contribution in [3.8, 4) is 5.75 Å². The summed E-state index contributed by atoms with van der Waals surface area (Å²) in [7, 11) is 1.57. The highest BCUT2D eigenvalue weighted by Gasteiger charge is 2.29. The van der Waals surface area contributed by atoms with Crippen LogP contribution < -0.4 is 10.1 Å². The summed E-state index contributed by atoms with van der Waals surface area (Å²) in [6.45, 7) is 0. The zero-order chi connectivity index (χ0) is 14.1. The van der Waals surface area contributed by atoms with Gasteiger partial charge in [0.1, 0.15) is 5.75 Å². The lowest BCUT2D eigenvalue weighted by Gasteiger charge is -2.05. The van der Waals surface area contributed by atoms with Crippen molar-refractivity contribution in [1.29, 1.82) is 0 Å². The molecule has 0 radical (unpaired) electrons. The van der Waals surface area contributed by atoms with Gasteiger partial charge in [0, 0.05) is 11.5 Å². The number of halogens is 1. The number of amides is 1. The minimum Gasteiger partial charge on any atom is -0.496 e. The lowest BCUT2D eigenvalue weighted by Crippen LogP contribution is -2.12. The number of carbonyl (C=O) groups is 1. The second-order valence-corrected chi connectivity index (χ2v) is 5.38. The molecule has 1 N–H and O–H groups in total. The SMILES string of the molecule is COc1ccc(C(=O)Nc2nnc(C3CC3)o2)cc1Br. The molecule has 0 atom stereocenters. The smallest absolute Gasteiger partial charge is 0.322 e. The maximum absolute atomic E-state index is 12.1. The summed E-state index contributed by atoms with van der Waals surface area (Å²) in [6, 6.07) is 5.18. The fourth-order valence-corrected chi connectivity index (χ4v) is 2.30. The van der Waals surface area contributed by atoms with Crippen LogP contribution in [0.3, 0.4) is 0 Å². The summed E-state index contributed by atoms with van der Waals surface area (Å²) in [6.07, 6.45) is 2.14. The van der Waals surface area contributed by atoms with Crippen molar-refractivity contribution < 1.29 is 13.9 Å². The number of hydrogen-bond donors (Lipinski definition) is 1. The second kappa shape index (κ2) is 5.24. The van der Waals surface area contributed by atoms with Gasteiger partial charge in [-0.1, -0.05) is 5.10 Å². The van der Waals surface area contributed by atoms with Gasteiger partial charge in [0.2, 0.25) is 5.89 Å². The minimum atomic E-state index is -0.306. The zero-order valence-corrected chi connectivity index (χ0v) is 12.3. The third-order valence-electron chi connectivity index (χ3n) is 3.00.